The van der Waals surface area contributed by atoms with Gasteiger partial charge in [0.05, 0.1) is 12.1 Å². The summed E-state index contributed by atoms with van der Waals surface area (Å²) in [6.07, 6.45) is 1.20. The molecular formula is C10H12ClNO. The predicted octanol–water partition coefficient (Wildman–Crippen LogP) is 2.38. The molecule has 0 aliphatic carbocycles. The Morgan fingerprint density at radius 3 is 2.77 bits per heavy atom. The molecule has 70 valence electrons. The zero-order valence-corrected chi connectivity index (χ0v) is 8.27. The summed E-state index contributed by atoms with van der Waals surface area (Å²) in [7, 11) is 1.63. The van der Waals surface area contributed by atoms with Crippen molar-refractivity contribution in [1.82, 2.24) is 5.32 Å². The molecule has 13 heavy (non-hydrogen) atoms. The van der Waals surface area contributed by atoms with Crippen molar-refractivity contribution in [2.75, 3.05) is 13.7 Å². The van der Waals surface area contributed by atoms with Crippen LogP contribution < -0.4 is 10.1 Å². The minimum Gasteiger partial charge on any atom is -0.495 e. The third kappa shape index (κ3) is 1.64. The van der Waals surface area contributed by atoms with Gasteiger partial charge in [0.25, 0.3) is 0 Å². The minimum absolute atomic E-state index is 0.489. The third-order valence-corrected chi connectivity index (χ3v) is 2.70. The minimum atomic E-state index is 0.489. The lowest BCUT2D eigenvalue weighted by Crippen LogP contribution is -2.34. The Balaban J connectivity index is 2.24. The summed E-state index contributed by atoms with van der Waals surface area (Å²) in [5.74, 6) is 0.741. The van der Waals surface area contributed by atoms with E-state index in [4.69, 9.17) is 16.3 Å². The zero-order valence-electron chi connectivity index (χ0n) is 7.51. The standard InChI is InChI=1S/C10H12ClNO/c1-13-10-3-2-7(6-8(10)11)9-4-5-12-9/h2-3,6,9,12H,4-5H2,1H3/t9-/m0/s1. The Kier molecular flexibility index (Phi) is 2.42. The summed E-state index contributed by atoms with van der Waals surface area (Å²) >= 11 is 6.00. The van der Waals surface area contributed by atoms with Crippen LogP contribution in [0.25, 0.3) is 0 Å². The first kappa shape index (κ1) is 8.85. The van der Waals surface area contributed by atoms with Crippen LogP contribution >= 0.6 is 11.6 Å². The SMILES string of the molecule is COc1ccc([C@@H]2CCN2)cc1Cl. The topological polar surface area (TPSA) is 21.3 Å². The summed E-state index contributed by atoms with van der Waals surface area (Å²) in [6, 6.07) is 6.43. The molecule has 3 heteroatoms. The molecule has 0 amide bonds. The number of hydrogen-bond acceptors (Lipinski definition) is 2. The van der Waals surface area contributed by atoms with Gasteiger partial charge in [-0.1, -0.05) is 17.7 Å². The van der Waals surface area contributed by atoms with Gasteiger partial charge in [0.2, 0.25) is 0 Å². The highest BCUT2D eigenvalue weighted by Crippen LogP contribution is 2.30. The maximum atomic E-state index is 6.00. The van der Waals surface area contributed by atoms with Gasteiger partial charge in [-0.2, -0.15) is 0 Å². The van der Waals surface area contributed by atoms with Gasteiger partial charge < -0.3 is 10.1 Å². The lowest BCUT2D eigenvalue weighted by molar-refractivity contribution is 0.381. The van der Waals surface area contributed by atoms with E-state index in [1.807, 2.05) is 12.1 Å². The van der Waals surface area contributed by atoms with E-state index in [2.05, 4.69) is 11.4 Å². The average molecular weight is 198 g/mol. The first-order valence-corrected chi connectivity index (χ1v) is 4.76. The van der Waals surface area contributed by atoms with E-state index in [9.17, 15) is 0 Å². The molecule has 1 saturated heterocycles. The largest absolute Gasteiger partial charge is 0.495 e. The lowest BCUT2D eigenvalue weighted by atomic mass is 9.98. The van der Waals surface area contributed by atoms with Crippen molar-refractivity contribution in [3.63, 3.8) is 0 Å². The number of methoxy groups -OCH3 is 1. The van der Waals surface area contributed by atoms with E-state index < -0.39 is 0 Å². The van der Waals surface area contributed by atoms with Gasteiger partial charge in [-0.15, -0.1) is 0 Å². The summed E-state index contributed by atoms with van der Waals surface area (Å²) < 4.78 is 5.08. The third-order valence-electron chi connectivity index (χ3n) is 2.40. The Morgan fingerprint density at radius 2 is 2.31 bits per heavy atom. The van der Waals surface area contributed by atoms with Crippen LogP contribution in [-0.2, 0) is 0 Å². The molecule has 1 aliphatic rings. The monoisotopic (exact) mass is 197 g/mol. The molecular weight excluding hydrogens is 186 g/mol. The van der Waals surface area contributed by atoms with E-state index in [0.29, 0.717) is 11.1 Å². The lowest BCUT2D eigenvalue weighted by Gasteiger charge is -2.28. The van der Waals surface area contributed by atoms with Crippen molar-refractivity contribution in [2.45, 2.75) is 12.5 Å². The first-order chi connectivity index (χ1) is 6.31. The van der Waals surface area contributed by atoms with Crippen molar-refractivity contribution in [2.24, 2.45) is 0 Å². The van der Waals surface area contributed by atoms with Crippen LogP contribution in [0.5, 0.6) is 5.75 Å². The molecule has 1 aromatic rings. The van der Waals surface area contributed by atoms with Gasteiger partial charge in [0, 0.05) is 6.04 Å². The molecule has 1 N–H and O–H groups in total. The van der Waals surface area contributed by atoms with Crippen molar-refractivity contribution >= 4 is 11.6 Å². The number of hydrogen-bond donors (Lipinski definition) is 1. The highest BCUT2D eigenvalue weighted by atomic mass is 35.5. The van der Waals surface area contributed by atoms with E-state index in [1.54, 1.807) is 7.11 Å². The molecule has 0 bridgehead atoms. The molecule has 0 unspecified atom stereocenters. The second kappa shape index (κ2) is 3.56. The molecule has 2 rings (SSSR count). The van der Waals surface area contributed by atoms with Crippen LogP contribution in [0.4, 0.5) is 0 Å². The maximum absolute atomic E-state index is 6.00. The molecule has 0 aromatic heterocycles. The summed E-state index contributed by atoms with van der Waals surface area (Å²) in [5.41, 5.74) is 1.25. The fourth-order valence-electron chi connectivity index (χ4n) is 1.47. The van der Waals surface area contributed by atoms with E-state index in [0.717, 1.165) is 12.3 Å². The van der Waals surface area contributed by atoms with E-state index in [-0.39, 0.29) is 0 Å². The quantitative estimate of drug-likeness (QED) is 0.786. The van der Waals surface area contributed by atoms with Gasteiger partial charge in [0.1, 0.15) is 5.75 Å². The number of nitrogens with one attached hydrogen (secondary N) is 1. The zero-order chi connectivity index (χ0) is 9.26. The highest BCUT2D eigenvalue weighted by Gasteiger charge is 2.18. The Bertz CT molecular complexity index is 310. The van der Waals surface area contributed by atoms with Gasteiger partial charge in [-0.05, 0) is 30.7 Å². The molecule has 0 radical (unpaired) electrons. The predicted molar refractivity (Wildman–Crippen MR) is 53.4 cm³/mol. The second-order valence-corrected chi connectivity index (χ2v) is 3.60. The molecule has 1 heterocycles. The van der Waals surface area contributed by atoms with Crippen molar-refractivity contribution in [3.8, 4) is 5.75 Å². The molecule has 1 fully saturated rings. The molecule has 0 spiro atoms. The molecule has 1 atom stereocenters. The van der Waals surface area contributed by atoms with Crippen molar-refractivity contribution in [1.29, 1.82) is 0 Å². The van der Waals surface area contributed by atoms with Crippen LogP contribution in [0, 0.1) is 0 Å². The first-order valence-electron chi connectivity index (χ1n) is 4.38. The van der Waals surface area contributed by atoms with Crippen LogP contribution in [0.1, 0.15) is 18.0 Å². The van der Waals surface area contributed by atoms with Gasteiger partial charge in [0.15, 0.2) is 0 Å². The Morgan fingerprint density at radius 1 is 1.54 bits per heavy atom. The number of rotatable bonds is 2. The fraction of sp³-hybridized carbons (Fsp3) is 0.400. The van der Waals surface area contributed by atoms with Crippen LogP contribution in [0.3, 0.4) is 0 Å². The highest BCUT2D eigenvalue weighted by molar-refractivity contribution is 6.32. The fourth-order valence-corrected chi connectivity index (χ4v) is 1.74. The van der Waals surface area contributed by atoms with Crippen LogP contribution in [0.15, 0.2) is 18.2 Å². The summed E-state index contributed by atoms with van der Waals surface area (Å²) in [5, 5.41) is 4.02. The number of halogens is 1. The molecule has 1 aromatic carbocycles. The Labute approximate surface area is 82.9 Å². The molecule has 1 aliphatic heterocycles. The van der Waals surface area contributed by atoms with Gasteiger partial charge in [-0.25, -0.2) is 0 Å². The summed E-state index contributed by atoms with van der Waals surface area (Å²) in [6.45, 7) is 1.11. The smallest absolute Gasteiger partial charge is 0.137 e. The van der Waals surface area contributed by atoms with Crippen molar-refractivity contribution < 1.29 is 4.74 Å². The van der Waals surface area contributed by atoms with E-state index in [1.165, 1.54) is 12.0 Å². The van der Waals surface area contributed by atoms with E-state index >= 15 is 0 Å². The van der Waals surface area contributed by atoms with Gasteiger partial charge >= 0.3 is 0 Å². The molecule has 2 nitrogen and oxygen atoms in total. The summed E-state index contributed by atoms with van der Waals surface area (Å²) in [4.78, 5) is 0. The second-order valence-electron chi connectivity index (χ2n) is 3.19. The van der Waals surface area contributed by atoms with Gasteiger partial charge in [-0.3, -0.25) is 0 Å². The normalized spacial score (nSPS) is 20.9. The number of benzene rings is 1. The Hall–Kier alpha value is -0.730. The van der Waals surface area contributed by atoms with Crippen LogP contribution in [0.2, 0.25) is 5.02 Å². The van der Waals surface area contributed by atoms with Crippen LogP contribution in [-0.4, -0.2) is 13.7 Å². The molecule has 0 saturated carbocycles. The average Bonchev–Trinajstić information content (AvgIpc) is 2.01. The number of ether oxygens (including phenoxy) is 1. The van der Waals surface area contributed by atoms with Crippen molar-refractivity contribution in [3.05, 3.63) is 28.8 Å². The maximum Gasteiger partial charge on any atom is 0.137 e.